The summed E-state index contributed by atoms with van der Waals surface area (Å²) in [5.74, 6) is 0. The summed E-state index contributed by atoms with van der Waals surface area (Å²) in [6, 6.07) is 60.2. The van der Waals surface area contributed by atoms with Crippen molar-refractivity contribution in [2.45, 2.75) is 11.7 Å². The van der Waals surface area contributed by atoms with Gasteiger partial charge in [-0.3, -0.25) is 0 Å². The molecule has 6 heterocycles. The molecule has 292 valence electrons. The SMILES string of the molecule is C1=C(c2ccc3oc4c(ccc5c6cc(-c7ccccc7)ccc6oc54)c3c2)SC(c2ccc(-c3ccc4oc5c(ccc6c7cc(-c8ccccc8)ccc7oc65)c4c3)s2)C1. The van der Waals surface area contributed by atoms with Gasteiger partial charge in [0.15, 0.2) is 22.3 Å². The van der Waals surface area contributed by atoms with E-state index in [1.54, 1.807) is 0 Å². The topological polar surface area (TPSA) is 52.6 Å². The first-order valence-corrected chi connectivity index (χ1v) is 22.6. The van der Waals surface area contributed by atoms with Gasteiger partial charge in [0, 0.05) is 63.0 Å². The van der Waals surface area contributed by atoms with Crippen LogP contribution in [-0.2, 0) is 0 Å². The fraction of sp³-hybridized carbons (Fsp3) is 0.0357. The van der Waals surface area contributed by atoms with Crippen LogP contribution < -0.4 is 0 Å². The molecular formula is C56H32O4S2. The van der Waals surface area contributed by atoms with E-state index in [-0.39, 0.29) is 0 Å². The molecule has 8 aromatic carbocycles. The average molecular weight is 833 g/mol. The van der Waals surface area contributed by atoms with Crippen molar-refractivity contribution in [2.75, 3.05) is 0 Å². The zero-order valence-electron chi connectivity index (χ0n) is 33.0. The van der Waals surface area contributed by atoms with Crippen molar-refractivity contribution >= 4 is 116 Å². The Bertz CT molecular complexity index is 3990. The average Bonchev–Trinajstić information content (AvgIpc) is 4.19. The van der Waals surface area contributed by atoms with Gasteiger partial charge in [0.1, 0.15) is 22.3 Å². The Morgan fingerprint density at radius 2 is 0.774 bits per heavy atom. The fourth-order valence-electron chi connectivity index (χ4n) is 9.57. The molecule has 6 heteroatoms. The van der Waals surface area contributed by atoms with Crippen molar-refractivity contribution in [2.24, 2.45) is 0 Å². The van der Waals surface area contributed by atoms with Gasteiger partial charge in [-0.05, 0) is 131 Å². The minimum Gasteiger partial charge on any atom is -0.452 e. The number of hydrogen-bond donors (Lipinski definition) is 0. The molecule has 4 nitrogen and oxygen atoms in total. The predicted octanol–water partition coefficient (Wildman–Crippen LogP) is 17.6. The van der Waals surface area contributed by atoms with E-state index in [4.69, 9.17) is 17.7 Å². The minimum atomic E-state index is 0.360. The quantitative estimate of drug-likeness (QED) is 0.173. The Morgan fingerprint density at radius 1 is 0.355 bits per heavy atom. The van der Waals surface area contributed by atoms with Crippen molar-refractivity contribution in [3.8, 4) is 32.7 Å². The van der Waals surface area contributed by atoms with E-state index < -0.39 is 0 Å². The monoisotopic (exact) mass is 832 g/mol. The summed E-state index contributed by atoms with van der Waals surface area (Å²) < 4.78 is 26.0. The van der Waals surface area contributed by atoms with E-state index in [9.17, 15) is 0 Å². The number of allylic oxidation sites excluding steroid dienone is 1. The maximum atomic E-state index is 6.53. The molecule has 1 unspecified atom stereocenters. The summed E-state index contributed by atoms with van der Waals surface area (Å²) in [5, 5.41) is 9.02. The second kappa shape index (κ2) is 13.1. The molecule has 5 aromatic heterocycles. The highest BCUT2D eigenvalue weighted by Crippen LogP contribution is 2.52. The van der Waals surface area contributed by atoms with Crippen LogP contribution >= 0.6 is 23.1 Å². The van der Waals surface area contributed by atoms with Gasteiger partial charge in [0.05, 0.1) is 0 Å². The number of thiophene rings is 1. The lowest BCUT2D eigenvalue weighted by molar-refractivity contribution is 0.633. The second-order valence-corrected chi connectivity index (χ2v) is 18.6. The van der Waals surface area contributed by atoms with Crippen LogP contribution in [0.25, 0.3) is 125 Å². The lowest BCUT2D eigenvalue weighted by Crippen LogP contribution is -1.83. The van der Waals surface area contributed by atoms with Gasteiger partial charge in [-0.25, -0.2) is 0 Å². The van der Waals surface area contributed by atoms with Crippen LogP contribution in [0, 0.1) is 0 Å². The summed E-state index contributed by atoms with van der Waals surface area (Å²) in [6.45, 7) is 0. The van der Waals surface area contributed by atoms with E-state index in [0.717, 1.165) is 94.2 Å². The van der Waals surface area contributed by atoms with E-state index >= 15 is 0 Å². The van der Waals surface area contributed by atoms with Crippen LogP contribution in [0.5, 0.6) is 0 Å². The highest BCUT2D eigenvalue weighted by Gasteiger charge is 2.25. The van der Waals surface area contributed by atoms with Crippen LogP contribution in [-0.4, -0.2) is 0 Å². The van der Waals surface area contributed by atoms with Crippen LogP contribution in [0.1, 0.15) is 22.1 Å². The molecule has 62 heavy (non-hydrogen) atoms. The van der Waals surface area contributed by atoms with Crippen LogP contribution in [0.3, 0.4) is 0 Å². The van der Waals surface area contributed by atoms with Gasteiger partial charge >= 0.3 is 0 Å². The van der Waals surface area contributed by atoms with Crippen molar-refractivity contribution in [3.05, 3.63) is 186 Å². The molecule has 0 aliphatic carbocycles. The molecule has 0 amide bonds. The maximum Gasteiger partial charge on any atom is 0.178 e. The van der Waals surface area contributed by atoms with E-state index in [1.165, 1.54) is 48.0 Å². The second-order valence-electron chi connectivity index (χ2n) is 16.2. The molecule has 13 aromatic rings. The van der Waals surface area contributed by atoms with Gasteiger partial charge < -0.3 is 17.7 Å². The Balaban J connectivity index is 0.746. The van der Waals surface area contributed by atoms with Crippen LogP contribution in [0.2, 0.25) is 0 Å². The lowest BCUT2D eigenvalue weighted by atomic mass is 10.0. The predicted molar refractivity (Wildman–Crippen MR) is 259 cm³/mol. The molecule has 0 fully saturated rings. The third-order valence-electron chi connectivity index (χ3n) is 12.7. The molecule has 0 saturated heterocycles. The van der Waals surface area contributed by atoms with Crippen LogP contribution in [0.15, 0.2) is 194 Å². The third-order valence-corrected chi connectivity index (χ3v) is 15.4. The highest BCUT2D eigenvalue weighted by atomic mass is 32.2. The van der Waals surface area contributed by atoms with Gasteiger partial charge in [-0.15, -0.1) is 23.1 Å². The molecule has 0 N–H and O–H groups in total. The van der Waals surface area contributed by atoms with E-state index in [1.807, 2.05) is 35.2 Å². The molecular weight excluding hydrogens is 801 g/mol. The number of benzene rings is 8. The van der Waals surface area contributed by atoms with Crippen molar-refractivity contribution in [3.63, 3.8) is 0 Å². The molecule has 0 saturated carbocycles. The summed E-state index contributed by atoms with van der Waals surface area (Å²) in [6.07, 6.45) is 3.38. The number of hydrogen-bond acceptors (Lipinski definition) is 6. The zero-order chi connectivity index (χ0) is 40.5. The molecule has 1 aliphatic heterocycles. The van der Waals surface area contributed by atoms with E-state index in [2.05, 4.69) is 164 Å². The van der Waals surface area contributed by atoms with Crippen molar-refractivity contribution < 1.29 is 17.7 Å². The molecule has 1 atom stereocenters. The first-order valence-electron chi connectivity index (χ1n) is 20.9. The summed E-state index contributed by atoms with van der Waals surface area (Å²) >= 11 is 3.83. The van der Waals surface area contributed by atoms with Crippen molar-refractivity contribution in [1.29, 1.82) is 0 Å². The zero-order valence-corrected chi connectivity index (χ0v) is 34.6. The largest absolute Gasteiger partial charge is 0.452 e. The highest BCUT2D eigenvalue weighted by molar-refractivity contribution is 8.08. The Hall–Kier alpha value is -7.25. The molecule has 1 aliphatic rings. The Morgan fingerprint density at radius 3 is 1.26 bits per heavy atom. The Labute approximate surface area is 362 Å². The maximum absolute atomic E-state index is 6.53. The summed E-state index contributed by atoms with van der Waals surface area (Å²) in [7, 11) is 0. The molecule has 0 radical (unpaired) electrons. The summed E-state index contributed by atoms with van der Waals surface area (Å²) in [5.41, 5.74) is 13.8. The van der Waals surface area contributed by atoms with Gasteiger partial charge in [-0.2, -0.15) is 0 Å². The lowest BCUT2D eigenvalue weighted by Gasteiger charge is -2.08. The number of rotatable bonds is 5. The number of furan rings is 4. The Kier molecular flexibility index (Phi) is 7.29. The number of fused-ring (bicyclic) bond motifs is 14. The minimum absolute atomic E-state index is 0.360. The van der Waals surface area contributed by atoms with Gasteiger partial charge in [-0.1, -0.05) is 84.9 Å². The smallest absolute Gasteiger partial charge is 0.178 e. The van der Waals surface area contributed by atoms with Crippen LogP contribution in [0.4, 0.5) is 0 Å². The molecule has 0 spiro atoms. The fourth-order valence-corrected chi connectivity index (χ4v) is 12.0. The third kappa shape index (κ3) is 5.20. The summed E-state index contributed by atoms with van der Waals surface area (Å²) in [4.78, 5) is 3.94. The molecule has 0 bridgehead atoms. The first kappa shape index (κ1) is 34.5. The van der Waals surface area contributed by atoms with E-state index in [0.29, 0.717) is 5.25 Å². The normalized spacial score (nSPS) is 14.6. The first-order chi connectivity index (χ1) is 30.7. The van der Waals surface area contributed by atoms with Gasteiger partial charge in [0.25, 0.3) is 0 Å². The van der Waals surface area contributed by atoms with Gasteiger partial charge in [0.2, 0.25) is 0 Å². The molecule has 14 rings (SSSR count). The van der Waals surface area contributed by atoms with Crippen molar-refractivity contribution in [1.82, 2.24) is 0 Å². The number of thioether (sulfide) groups is 1. The standard InChI is InChI=1S/C56H32O4S2/c1-3-7-31(8-4-1)33-11-19-45-41(27-33)37-15-17-39-43-29-35(13-21-47(43)59-55(39)53(37)57-45)49-23-25-51(61-49)52-26-24-50(62-52)36-14-22-48-44(30-36)40-18-16-38-42-28-34(32-9-5-2-6-10-32)12-20-46(42)58-54(38)56(40)60-48/h1-25,27-30,52H,26H2.